The molecule has 0 heterocycles. The van der Waals surface area contributed by atoms with E-state index in [9.17, 15) is 9.90 Å². The number of carboxylic acid groups (broad SMARTS) is 1. The lowest BCUT2D eigenvalue weighted by Crippen LogP contribution is -2.54. The molecule has 0 amide bonds. The predicted molar refractivity (Wildman–Crippen MR) is 107 cm³/mol. The third kappa shape index (κ3) is 3.16. The summed E-state index contributed by atoms with van der Waals surface area (Å²) in [5, 5.41) is 19.3. The number of carbonyl (C=O) groups is 1. The van der Waals surface area contributed by atoms with Crippen molar-refractivity contribution < 1.29 is 15.0 Å². The van der Waals surface area contributed by atoms with Gasteiger partial charge in [0, 0.05) is 6.42 Å². The molecule has 4 saturated carbocycles. The number of hydrogen-bond donors (Lipinski definition) is 2. The average Bonchev–Trinajstić information content (AvgIpc) is 2.97. The standard InChI is InChI=1S/C24H40O3/c1-15(4-9-22(26)27)19-7-8-20-18-6-5-16-14-17(25)10-12-23(16,2)21(18)11-13-24(19,20)3/h15-21,25H,4-14H2,1-3H3,(H,26,27)/t15-,16+,17-,18+,19-,20-,21+,23+,24-/m1/s1. The first-order valence-electron chi connectivity index (χ1n) is 11.7. The van der Waals surface area contributed by atoms with Crippen LogP contribution in [0.3, 0.4) is 0 Å². The van der Waals surface area contributed by atoms with Crippen molar-refractivity contribution in [3.8, 4) is 0 Å². The van der Waals surface area contributed by atoms with E-state index in [0.717, 1.165) is 42.9 Å². The zero-order chi connectivity index (χ0) is 19.4. The number of aliphatic carboxylic acids is 1. The van der Waals surface area contributed by atoms with Crippen LogP contribution in [0.1, 0.15) is 91.4 Å². The van der Waals surface area contributed by atoms with Crippen LogP contribution in [-0.4, -0.2) is 22.3 Å². The van der Waals surface area contributed by atoms with E-state index in [-0.39, 0.29) is 6.10 Å². The molecule has 0 saturated heterocycles. The monoisotopic (exact) mass is 376 g/mol. The van der Waals surface area contributed by atoms with Gasteiger partial charge in [0.1, 0.15) is 0 Å². The fourth-order valence-electron chi connectivity index (χ4n) is 8.76. The van der Waals surface area contributed by atoms with Gasteiger partial charge in [0.15, 0.2) is 0 Å². The molecule has 4 fully saturated rings. The molecule has 9 atom stereocenters. The van der Waals surface area contributed by atoms with Crippen molar-refractivity contribution in [3.63, 3.8) is 0 Å². The Balaban J connectivity index is 1.51. The van der Waals surface area contributed by atoms with Crippen molar-refractivity contribution in [1.29, 1.82) is 0 Å². The Bertz CT molecular complexity index is 574. The zero-order valence-electron chi connectivity index (χ0n) is 17.6. The first-order valence-corrected chi connectivity index (χ1v) is 11.7. The summed E-state index contributed by atoms with van der Waals surface area (Å²) in [5.41, 5.74) is 0.882. The topological polar surface area (TPSA) is 57.5 Å². The molecule has 3 heteroatoms. The van der Waals surface area contributed by atoms with Gasteiger partial charge >= 0.3 is 5.97 Å². The van der Waals surface area contributed by atoms with Gasteiger partial charge in [0.2, 0.25) is 0 Å². The summed E-state index contributed by atoms with van der Waals surface area (Å²) in [4.78, 5) is 11.0. The molecule has 0 radical (unpaired) electrons. The van der Waals surface area contributed by atoms with E-state index < -0.39 is 5.97 Å². The van der Waals surface area contributed by atoms with Gasteiger partial charge in [0.05, 0.1) is 6.10 Å². The van der Waals surface area contributed by atoms with Gasteiger partial charge in [-0.2, -0.15) is 0 Å². The van der Waals surface area contributed by atoms with Crippen LogP contribution in [0.25, 0.3) is 0 Å². The molecule has 4 aliphatic carbocycles. The second kappa shape index (κ2) is 7.04. The predicted octanol–water partition coefficient (Wildman–Crippen LogP) is 5.51. The van der Waals surface area contributed by atoms with E-state index in [1.807, 2.05) is 0 Å². The highest BCUT2D eigenvalue weighted by Crippen LogP contribution is 2.68. The Labute approximate surface area is 165 Å². The normalized spacial score (nSPS) is 50.4. The highest BCUT2D eigenvalue weighted by Gasteiger charge is 2.60. The molecule has 0 spiro atoms. The Kier molecular flexibility index (Phi) is 5.15. The van der Waals surface area contributed by atoms with Crippen LogP contribution in [-0.2, 0) is 4.79 Å². The van der Waals surface area contributed by atoms with E-state index in [2.05, 4.69) is 20.8 Å². The van der Waals surface area contributed by atoms with Crippen LogP contribution in [0, 0.1) is 46.3 Å². The van der Waals surface area contributed by atoms with Crippen molar-refractivity contribution in [3.05, 3.63) is 0 Å². The second-order valence-corrected chi connectivity index (χ2v) is 11.2. The first-order chi connectivity index (χ1) is 12.8. The quantitative estimate of drug-likeness (QED) is 0.680. The van der Waals surface area contributed by atoms with Crippen molar-refractivity contribution in [2.45, 2.75) is 97.5 Å². The van der Waals surface area contributed by atoms with Gasteiger partial charge in [-0.15, -0.1) is 0 Å². The molecule has 4 rings (SSSR count). The van der Waals surface area contributed by atoms with Crippen LogP contribution >= 0.6 is 0 Å². The largest absolute Gasteiger partial charge is 0.481 e. The van der Waals surface area contributed by atoms with Gasteiger partial charge in [-0.25, -0.2) is 0 Å². The van der Waals surface area contributed by atoms with Gasteiger partial charge < -0.3 is 10.2 Å². The van der Waals surface area contributed by atoms with E-state index in [4.69, 9.17) is 5.11 Å². The Morgan fingerprint density at radius 2 is 1.70 bits per heavy atom. The van der Waals surface area contributed by atoms with Crippen LogP contribution in [0.5, 0.6) is 0 Å². The third-order valence-corrected chi connectivity index (χ3v) is 10.2. The van der Waals surface area contributed by atoms with Crippen molar-refractivity contribution >= 4 is 5.97 Å². The maximum absolute atomic E-state index is 11.0. The summed E-state index contributed by atoms with van der Waals surface area (Å²) in [7, 11) is 0. The fraction of sp³-hybridized carbons (Fsp3) is 0.958. The zero-order valence-corrected chi connectivity index (χ0v) is 17.6. The second-order valence-electron chi connectivity index (χ2n) is 11.2. The van der Waals surface area contributed by atoms with Crippen LogP contribution < -0.4 is 0 Å². The molecular formula is C24H40O3. The molecule has 3 nitrogen and oxygen atoms in total. The van der Waals surface area contributed by atoms with Gasteiger partial charge in [0.25, 0.3) is 0 Å². The average molecular weight is 377 g/mol. The fourth-order valence-corrected chi connectivity index (χ4v) is 8.76. The molecule has 0 aromatic rings. The highest BCUT2D eigenvalue weighted by molar-refractivity contribution is 5.66. The molecule has 0 bridgehead atoms. The summed E-state index contributed by atoms with van der Waals surface area (Å²) in [6.45, 7) is 7.43. The van der Waals surface area contributed by atoms with Crippen molar-refractivity contribution in [2.75, 3.05) is 0 Å². The minimum absolute atomic E-state index is 0.0561. The van der Waals surface area contributed by atoms with Crippen molar-refractivity contribution in [2.24, 2.45) is 46.3 Å². The molecule has 4 aliphatic rings. The van der Waals surface area contributed by atoms with E-state index in [1.54, 1.807) is 0 Å². The summed E-state index contributed by atoms with van der Waals surface area (Å²) >= 11 is 0. The smallest absolute Gasteiger partial charge is 0.303 e. The minimum Gasteiger partial charge on any atom is -0.481 e. The number of aliphatic hydroxyl groups excluding tert-OH is 1. The lowest BCUT2D eigenvalue weighted by atomic mass is 9.44. The maximum atomic E-state index is 11.0. The SMILES string of the molecule is C[C@H](CCC(=O)O)[C@H]1CC[C@@H]2[C@@H]3CC[C@H]4C[C@H](O)CC[C@]4(C)[C@H]3CC[C@@]21C. The molecule has 0 aliphatic heterocycles. The molecule has 27 heavy (non-hydrogen) atoms. The lowest BCUT2D eigenvalue weighted by molar-refractivity contribution is -0.138. The summed E-state index contributed by atoms with van der Waals surface area (Å²) in [6, 6.07) is 0. The number of rotatable bonds is 4. The summed E-state index contributed by atoms with van der Waals surface area (Å²) in [6.07, 6.45) is 12.4. The first kappa shape index (κ1) is 19.7. The molecule has 154 valence electrons. The highest BCUT2D eigenvalue weighted by atomic mass is 16.4. The molecular weight excluding hydrogens is 336 g/mol. The van der Waals surface area contributed by atoms with Gasteiger partial charge in [-0.05, 0) is 111 Å². The van der Waals surface area contributed by atoms with Gasteiger partial charge in [-0.3, -0.25) is 4.79 Å². The van der Waals surface area contributed by atoms with Crippen molar-refractivity contribution in [1.82, 2.24) is 0 Å². The molecule has 0 aromatic carbocycles. The number of fused-ring (bicyclic) bond motifs is 5. The number of aliphatic hydroxyl groups is 1. The Morgan fingerprint density at radius 1 is 1.00 bits per heavy atom. The van der Waals surface area contributed by atoms with Crippen LogP contribution in [0.2, 0.25) is 0 Å². The van der Waals surface area contributed by atoms with Crippen LogP contribution in [0.15, 0.2) is 0 Å². The molecule has 0 aromatic heterocycles. The Hall–Kier alpha value is -0.570. The number of hydrogen-bond acceptors (Lipinski definition) is 2. The Morgan fingerprint density at radius 3 is 2.44 bits per heavy atom. The summed E-state index contributed by atoms with van der Waals surface area (Å²) < 4.78 is 0. The van der Waals surface area contributed by atoms with Crippen LogP contribution in [0.4, 0.5) is 0 Å². The van der Waals surface area contributed by atoms with E-state index in [0.29, 0.717) is 29.1 Å². The minimum atomic E-state index is -0.643. The molecule has 2 N–H and O–H groups in total. The van der Waals surface area contributed by atoms with Gasteiger partial charge in [-0.1, -0.05) is 20.8 Å². The molecule has 0 unspecified atom stereocenters. The number of carboxylic acids is 1. The third-order valence-electron chi connectivity index (χ3n) is 10.2. The maximum Gasteiger partial charge on any atom is 0.303 e. The van der Waals surface area contributed by atoms with E-state index >= 15 is 0 Å². The summed E-state index contributed by atoms with van der Waals surface area (Å²) in [5.74, 6) is 3.91. The van der Waals surface area contributed by atoms with E-state index in [1.165, 1.54) is 44.9 Å². The lowest BCUT2D eigenvalue weighted by Gasteiger charge is -2.61.